The minimum Gasteiger partial charge on any atom is -0.392 e. The van der Waals surface area contributed by atoms with E-state index in [0.717, 1.165) is 18.5 Å². The van der Waals surface area contributed by atoms with Crippen LogP contribution in [0.2, 0.25) is 0 Å². The second-order valence-electron chi connectivity index (χ2n) is 3.21. The van der Waals surface area contributed by atoms with E-state index < -0.39 is 9.84 Å². The molecule has 0 saturated heterocycles. The summed E-state index contributed by atoms with van der Waals surface area (Å²) < 4.78 is 22.3. The molecule has 12 heavy (non-hydrogen) atoms. The Labute approximate surface area is 73.8 Å². The van der Waals surface area contributed by atoms with Crippen molar-refractivity contribution < 1.29 is 8.42 Å². The molecule has 1 aliphatic carbocycles. The van der Waals surface area contributed by atoms with Crippen LogP contribution in [-0.2, 0) is 9.84 Å². The fourth-order valence-electron chi connectivity index (χ4n) is 1.43. The average molecular weight is 189 g/mol. The number of rotatable bonds is 2. The molecule has 0 aromatic heterocycles. The highest BCUT2D eigenvalue weighted by Gasteiger charge is 2.22. The number of nitrogens with one attached hydrogen (secondary N) is 1. The van der Waals surface area contributed by atoms with Gasteiger partial charge in [0.2, 0.25) is 0 Å². The molecule has 1 rings (SSSR count). The van der Waals surface area contributed by atoms with Gasteiger partial charge in [0.05, 0.1) is 5.25 Å². The first-order valence-electron chi connectivity index (χ1n) is 4.09. The summed E-state index contributed by atoms with van der Waals surface area (Å²) in [6.45, 7) is 0. The van der Waals surface area contributed by atoms with Gasteiger partial charge in [-0.25, -0.2) is 8.42 Å². The highest BCUT2D eigenvalue weighted by molar-refractivity contribution is 7.91. The lowest BCUT2D eigenvalue weighted by molar-refractivity contribution is 0.566. The molecule has 0 saturated carbocycles. The van der Waals surface area contributed by atoms with Gasteiger partial charge in [0.15, 0.2) is 9.84 Å². The summed E-state index contributed by atoms with van der Waals surface area (Å²) in [5.74, 6) is 0. The van der Waals surface area contributed by atoms with Crippen LogP contribution in [0.15, 0.2) is 11.8 Å². The molecule has 0 heterocycles. The largest absolute Gasteiger partial charge is 0.392 e. The summed E-state index contributed by atoms with van der Waals surface area (Å²) in [4.78, 5) is 0. The summed E-state index contributed by atoms with van der Waals surface area (Å²) >= 11 is 0. The van der Waals surface area contributed by atoms with Gasteiger partial charge in [-0.2, -0.15) is 0 Å². The first kappa shape index (κ1) is 9.58. The normalized spacial score (nSPS) is 24.8. The van der Waals surface area contributed by atoms with Gasteiger partial charge in [-0.3, -0.25) is 0 Å². The Balaban J connectivity index is 2.64. The summed E-state index contributed by atoms with van der Waals surface area (Å²) in [5.41, 5.74) is 1.16. The second-order valence-corrected chi connectivity index (χ2v) is 5.53. The van der Waals surface area contributed by atoms with Gasteiger partial charge < -0.3 is 5.32 Å². The highest BCUT2D eigenvalue weighted by Crippen LogP contribution is 2.21. The van der Waals surface area contributed by atoms with Crippen molar-refractivity contribution in [3.63, 3.8) is 0 Å². The van der Waals surface area contributed by atoms with Gasteiger partial charge in [-0.05, 0) is 19.3 Å². The molecule has 1 atom stereocenters. The predicted octanol–water partition coefficient (Wildman–Crippen LogP) is 0.687. The van der Waals surface area contributed by atoms with E-state index in [1.807, 2.05) is 13.1 Å². The van der Waals surface area contributed by atoms with E-state index in [1.165, 1.54) is 6.26 Å². The maximum Gasteiger partial charge on any atom is 0.150 e. The van der Waals surface area contributed by atoms with E-state index in [0.29, 0.717) is 6.42 Å². The molecule has 0 spiro atoms. The zero-order valence-corrected chi connectivity index (χ0v) is 8.32. The minimum absolute atomic E-state index is 0.158. The van der Waals surface area contributed by atoms with E-state index in [2.05, 4.69) is 5.32 Å². The van der Waals surface area contributed by atoms with Crippen molar-refractivity contribution in [3.8, 4) is 0 Å². The third-order valence-electron chi connectivity index (χ3n) is 2.29. The van der Waals surface area contributed by atoms with Gasteiger partial charge in [0.1, 0.15) is 0 Å². The van der Waals surface area contributed by atoms with Crippen LogP contribution in [0.25, 0.3) is 0 Å². The van der Waals surface area contributed by atoms with Crippen molar-refractivity contribution in [2.45, 2.75) is 24.5 Å². The van der Waals surface area contributed by atoms with Gasteiger partial charge in [0, 0.05) is 19.0 Å². The van der Waals surface area contributed by atoms with E-state index in [1.54, 1.807) is 0 Å². The highest BCUT2D eigenvalue weighted by atomic mass is 32.2. The Morgan fingerprint density at radius 1 is 1.58 bits per heavy atom. The lowest BCUT2D eigenvalue weighted by Crippen LogP contribution is -2.24. The van der Waals surface area contributed by atoms with Crippen molar-refractivity contribution in [2.24, 2.45) is 0 Å². The molecule has 0 aromatic rings. The van der Waals surface area contributed by atoms with Crippen LogP contribution in [-0.4, -0.2) is 27.0 Å². The third kappa shape index (κ3) is 2.24. The Morgan fingerprint density at radius 2 is 2.25 bits per heavy atom. The first-order chi connectivity index (χ1) is 5.54. The molecule has 0 fully saturated rings. The lowest BCUT2D eigenvalue weighted by Gasteiger charge is -2.19. The Kier molecular flexibility index (Phi) is 2.77. The summed E-state index contributed by atoms with van der Waals surface area (Å²) in [5, 5.41) is 2.88. The first-order valence-corrected chi connectivity index (χ1v) is 6.05. The maximum absolute atomic E-state index is 11.1. The Bertz CT molecular complexity index is 279. The molecule has 4 heteroatoms. The molecule has 0 aromatic carbocycles. The third-order valence-corrected chi connectivity index (χ3v) is 3.93. The minimum atomic E-state index is -2.83. The lowest BCUT2D eigenvalue weighted by atomic mass is 10.0. The van der Waals surface area contributed by atoms with Crippen molar-refractivity contribution in [3.05, 3.63) is 11.8 Å². The monoisotopic (exact) mass is 189 g/mol. The fraction of sp³-hybridized carbons (Fsp3) is 0.750. The van der Waals surface area contributed by atoms with Crippen LogP contribution < -0.4 is 5.32 Å². The van der Waals surface area contributed by atoms with Crippen LogP contribution in [0.1, 0.15) is 19.3 Å². The van der Waals surface area contributed by atoms with Gasteiger partial charge in [0.25, 0.3) is 0 Å². The quantitative estimate of drug-likeness (QED) is 0.695. The molecule has 0 amide bonds. The second kappa shape index (κ2) is 3.47. The molecule has 0 bridgehead atoms. The van der Waals surface area contributed by atoms with E-state index in [-0.39, 0.29) is 5.25 Å². The standard InChI is InChI=1S/C8H15NO2S/c1-9-7-3-5-8(6-4-7)12(2,10)11/h3,8-9H,4-6H2,1-2H3. The number of allylic oxidation sites excluding steroid dienone is 2. The van der Waals surface area contributed by atoms with E-state index in [4.69, 9.17) is 0 Å². The van der Waals surface area contributed by atoms with Gasteiger partial charge >= 0.3 is 0 Å². The van der Waals surface area contributed by atoms with E-state index in [9.17, 15) is 8.42 Å². The van der Waals surface area contributed by atoms with Crippen molar-refractivity contribution >= 4 is 9.84 Å². The van der Waals surface area contributed by atoms with Crippen LogP contribution in [0.5, 0.6) is 0 Å². The maximum atomic E-state index is 11.1. The molecule has 3 nitrogen and oxygen atoms in total. The smallest absolute Gasteiger partial charge is 0.150 e. The van der Waals surface area contributed by atoms with Crippen molar-refractivity contribution in [1.82, 2.24) is 5.32 Å². The van der Waals surface area contributed by atoms with Crippen LogP contribution >= 0.6 is 0 Å². The van der Waals surface area contributed by atoms with Crippen LogP contribution in [0.4, 0.5) is 0 Å². The molecular weight excluding hydrogens is 174 g/mol. The molecular formula is C8H15NO2S. The molecule has 1 unspecified atom stereocenters. The van der Waals surface area contributed by atoms with Gasteiger partial charge in [-0.1, -0.05) is 6.08 Å². The molecule has 1 aliphatic rings. The van der Waals surface area contributed by atoms with E-state index >= 15 is 0 Å². The molecule has 70 valence electrons. The van der Waals surface area contributed by atoms with Crippen LogP contribution in [0.3, 0.4) is 0 Å². The number of hydrogen-bond acceptors (Lipinski definition) is 3. The summed E-state index contributed by atoms with van der Waals surface area (Å²) in [6, 6.07) is 0. The summed E-state index contributed by atoms with van der Waals surface area (Å²) in [7, 11) is -0.962. The molecule has 0 radical (unpaired) electrons. The average Bonchev–Trinajstić information content (AvgIpc) is 2.03. The zero-order chi connectivity index (χ0) is 9.19. The Morgan fingerprint density at radius 3 is 2.58 bits per heavy atom. The molecule has 0 aliphatic heterocycles. The Hall–Kier alpha value is -0.510. The molecule has 1 N–H and O–H groups in total. The zero-order valence-electron chi connectivity index (χ0n) is 7.50. The summed E-state index contributed by atoms with van der Waals surface area (Å²) in [6.07, 6.45) is 5.57. The fourth-order valence-corrected chi connectivity index (χ4v) is 2.42. The van der Waals surface area contributed by atoms with Crippen molar-refractivity contribution in [1.29, 1.82) is 0 Å². The predicted molar refractivity (Wildman–Crippen MR) is 49.6 cm³/mol. The van der Waals surface area contributed by atoms with Crippen molar-refractivity contribution in [2.75, 3.05) is 13.3 Å². The number of sulfone groups is 1. The SMILES string of the molecule is CNC1=CCC(S(C)(=O)=O)CC1. The van der Waals surface area contributed by atoms with Gasteiger partial charge in [-0.15, -0.1) is 0 Å². The number of hydrogen-bond donors (Lipinski definition) is 1. The van der Waals surface area contributed by atoms with Crippen LogP contribution in [0, 0.1) is 0 Å². The topological polar surface area (TPSA) is 46.2 Å².